The van der Waals surface area contributed by atoms with E-state index >= 15 is 0 Å². The van der Waals surface area contributed by atoms with E-state index in [0.29, 0.717) is 34.1 Å². The molecule has 2 aliphatic heterocycles. The van der Waals surface area contributed by atoms with Gasteiger partial charge in [0.15, 0.2) is 0 Å². The molecule has 1 aromatic heterocycles. The molecule has 134 valence electrons. The number of hydrogen-bond acceptors (Lipinski definition) is 4. The zero-order chi connectivity index (χ0) is 18.9. The van der Waals surface area contributed by atoms with Crippen LogP contribution in [-0.4, -0.2) is 36.9 Å². The summed E-state index contributed by atoms with van der Waals surface area (Å²) in [4.78, 5) is 25.8. The highest BCUT2D eigenvalue weighted by molar-refractivity contribution is 5.94. The van der Waals surface area contributed by atoms with Crippen molar-refractivity contribution in [3.8, 4) is 17.6 Å². The molecule has 27 heavy (non-hydrogen) atoms. The van der Waals surface area contributed by atoms with Gasteiger partial charge in [0.25, 0.3) is 0 Å². The van der Waals surface area contributed by atoms with Gasteiger partial charge in [-0.3, -0.25) is 9.47 Å². The zero-order valence-corrected chi connectivity index (χ0v) is 14.0. The van der Waals surface area contributed by atoms with E-state index < -0.39 is 17.8 Å². The number of aromatic hydroxyl groups is 1. The fourth-order valence-corrected chi connectivity index (χ4v) is 4.45. The molecule has 0 spiro atoms. The zero-order valence-electron chi connectivity index (χ0n) is 14.0. The topological polar surface area (TPSA) is 111 Å². The Kier molecular flexibility index (Phi) is 2.95. The Morgan fingerprint density at radius 1 is 1.19 bits per heavy atom. The van der Waals surface area contributed by atoms with E-state index in [4.69, 9.17) is 0 Å². The molecule has 2 bridgehead atoms. The second kappa shape index (κ2) is 5.14. The van der Waals surface area contributed by atoms with Gasteiger partial charge in [-0.1, -0.05) is 24.3 Å². The van der Waals surface area contributed by atoms with Gasteiger partial charge in [0, 0.05) is 17.3 Å². The van der Waals surface area contributed by atoms with Gasteiger partial charge in [-0.25, -0.2) is 14.2 Å². The van der Waals surface area contributed by atoms with Crippen LogP contribution in [0.4, 0.5) is 4.79 Å². The van der Waals surface area contributed by atoms with Crippen LogP contribution in [0.1, 0.15) is 29.8 Å². The Morgan fingerprint density at radius 3 is 2.63 bits per heavy atom. The number of fused-ring (bicyclic) bond motifs is 6. The number of nitriles is 1. The molecule has 3 aromatic rings. The average Bonchev–Trinajstić information content (AvgIpc) is 3.33. The van der Waals surface area contributed by atoms with Crippen LogP contribution in [0.3, 0.4) is 0 Å². The minimum atomic E-state index is -1.06. The van der Waals surface area contributed by atoms with E-state index in [9.17, 15) is 25.1 Å². The number of benzene rings is 2. The lowest BCUT2D eigenvalue weighted by molar-refractivity contribution is 0.133. The number of likely N-dealkylation sites (tertiary alicyclic amines) is 1. The first-order valence-electron chi connectivity index (χ1n) is 8.50. The summed E-state index contributed by atoms with van der Waals surface area (Å²) in [5, 5.41) is 30.9. The van der Waals surface area contributed by atoms with Crippen LogP contribution in [0.5, 0.6) is 5.88 Å². The number of hydrogen-bond donors (Lipinski definition) is 2. The van der Waals surface area contributed by atoms with Crippen molar-refractivity contribution in [1.82, 2.24) is 14.0 Å². The number of imidazole rings is 1. The predicted molar refractivity (Wildman–Crippen MR) is 95.0 cm³/mol. The molecule has 2 aromatic carbocycles. The molecule has 1 fully saturated rings. The maximum Gasteiger partial charge on any atom is 0.407 e. The summed E-state index contributed by atoms with van der Waals surface area (Å²) in [6, 6.07) is 11.8. The number of aromatic nitrogens is 2. The van der Waals surface area contributed by atoms with Gasteiger partial charge in [0.2, 0.25) is 5.88 Å². The summed E-state index contributed by atoms with van der Waals surface area (Å²) in [5.74, 6) is -0.242. The van der Waals surface area contributed by atoms with Crippen LogP contribution < -0.4 is 5.69 Å². The third-order valence-corrected chi connectivity index (χ3v) is 5.57. The van der Waals surface area contributed by atoms with Crippen LogP contribution in [0, 0.1) is 11.3 Å². The van der Waals surface area contributed by atoms with E-state index in [0.717, 1.165) is 0 Å². The Hall–Kier alpha value is -3.73. The van der Waals surface area contributed by atoms with Crippen molar-refractivity contribution in [2.75, 3.05) is 6.54 Å². The van der Waals surface area contributed by atoms with Crippen LogP contribution in [-0.2, 0) is 0 Å². The molecule has 2 atom stereocenters. The van der Waals surface area contributed by atoms with Gasteiger partial charge in [-0.15, -0.1) is 0 Å². The van der Waals surface area contributed by atoms with Gasteiger partial charge in [0.05, 0.1) is 29.4 Å². The number of rotatable bonds is 1. The largest absolute Gasteiger partial charge is 0.493 e. The number of carbonyl (C=O) groups is 1. The van der Waals surface area contributed by atoms with Crippen LogP contribution in [0.15, 0.2) is 41.2 Å². The number of carboxylic acid groups (broad SMARTS) is 1. The average molecular weight is 362 g/mol. The Morgan fingerprint density at radius 2 is 1.93 bits per heavy atom. The predicted octanol–water partition coefficient (Wildman–Crippen LogP) is 2.35. The molecule has 2 N–H and O–H groups in total. The molecule has 1 saturated heterocycles. The Bertz CT molecular complexity index is 1230. The summed E-state index contributed by atoms with van der Waals surface area (Å²) < 4.78 is 2.72. The lowest BCUT2D eigenvalue weighted by atomic mass is 10.0. The highest BCUT2D eigenvalue weighted by Crippen LogP contribution is 2.48. The summed E-state index contributed by atoms with van der Waals surface area (Å²) in [5.41, 5.74) is 0.892. The molecule has 2 aliphatic rings. The van der Waals surface area contributed by atoms with Gasteiger partial charge >= 0.3 is 11.8 Å². The fraction of sp³-hybridized carbons (Fsp3) is 0.211. The first-order valence-corrected chi connectivity index (χ1v) is 8.50. The summed E-state index contributed by atoms with van der Waals surface area (Å²) >= 11 is 0. The fourth-order valence-electron chi connectivity index (χ4n) is 4.45. The molecule has 1 amide bonds. The molecule has 0 aliphatic carbocycles. The van der Waals surface area contributed by atoms with Crippen molar-refractivity contribution < 1.29 is 15.0 Å². The highest BCUT2D eigenvalue weighted by atomic mass is 16.4. The minimum absolute atomic E-state index is 0.241. The van der Waals surface area contributed by atoms with Crippen molar-refractivity contribution in [3.05, 3.63) is 58.1 Å². The van der Waals surface area contributed by atoms with E-state index in [1.807, 2.05) is 0 Å². The smallest absolute Gasteiger partial charge is 0.407 e. The first-order chi connectivity index (χ1) is 13.0. The highest BCUT2D eigenvalue weighted by Gasteiger charge is 2.49. The van der Waals surface area contributed by atoms with E-state index in [-0.39, 0.29) is 18.5 Å². The van der Waals surface area contributed by atoms with E-state index in [2.05, 4.69) is 6.07 Å². The standard InChI is InChI=1S/C19H14N4O4/c20-8-10-5-6-14(13-4-2-1-3-12(10)13)23-17(24)16-15-7-11(22(16)18(23)25)9-21(15)19(26)27/h1-6,11,15,24H,7,9H2,(H,26,27)/t11-,15-/m0/s1. The lowest BCUT2D eigenvalue weighted by Gasteiger charge is -2.24. The van der Waals surface area contributed by atoms with Gasteiger partial charge in [0.1, 0.15) is 5.69 Å². The molecular weight excluding hydrogens is 348 g/mol. The van der Waals surface area contributed by atoms with Crippen molar-refractivity contribution in [2.24, 2.45) is 0 Å². The summed E-state index contributed by atoms with van der Waals surface area (Å²) in [6.45, 7) is 0.241. The Balaban J connectivity index is 1.78. The maximum absolute atomic E-state index is 13.1. The number of nitrogens with zero attached hydrogens (tertiary/aromatic N) is 4. The number of amides is 1. The van der Waals surface area contributed by atoms with Crippen LogP contribution in [0.25, 0.3) is 16.5 Å². The second-order valence-corrected chi connectivity index (χ2v) is 6.83. The van der Waals surface area contributed by atoms with Crippen molar-refractivity contribution >= 4 is 16.9 Å². The van der Waals surface area contributed by atoms with Crippen molar-refractivity contribution in [1.29, 1.82) is 5.26 Å². The molecule has 8 nitrogen and oxygen atoms in total. The monoisotopic (exact) mass is 362 g/mol. The van der Waals surface area contributed by atoms with Crippen LogP contribution >= 0.6 is 0 Å². The third-order valence-electron chi connectivity index (χ3n) is 5.57. The molecule has 3 heterocycles. The SMILES string of the molecule is N#Cc1ccc(-n2c(O)c3n(c2=O)[C@H]2C[C@@H]3N(C(=O)O)C2)c2ccccc12. The molecular formula is C19H14N4O4. The van der Waals surface area contributed by atoms with E-state index in [1.165, 1.54) is 14.0 Å². The molecule has 0 saturated carbocycles. The lowest BCUT2D eigenvalue weighted by Crippen LogP contribution is -2.36. The van der Waals surface area contributed by atoms with Crippen LogP contribution in [0.2, 0.25) is 0 Å². The summed E-state index contributed by atoms with van der Waals surface area (Å²) in [7, 11) is 0. The van der Waals surface area contributed by atoms with Crippen molar-refractivity contribution in [2.45, 2.75) is 18.5 Å². The van der Waals surface area contributed by atoms with E-state index in [1.54, 1.807) is 36.4 Å². The van der Waals surface area contributed by atoms with Gasteiger partial charge in [-0.05, 0) is 18.6 Å². The molecule has 0 unspecified atom stereocenters. The first kappa shape index (κ1) is 15.5. The normalized spacial score (nSPS) is 20.0. The second-order valence-electron chi connectivity index (χ2n) is 6.83. The minimum Gasteiger partial charge on any atom is -0.493 e. The molecule has 0 radical (unpaired) electrons. The maximum atomic E-state index is 13.1. The summed E-state index contributed by atoms with van der Waals surface area (Å²) in [6.07, 6.45) is -0.559. The van der Waals surface area contributed by atoms with Crippen molar-refractivity contribution in [3.63, 3.8) is 0 Å². The third kappa shape index (κ3) is 1.85. The molecule has 8 heteroatoms. The quantitative estimate of drug-likeness (QED) is 0.690. The molecule has 5 rings (SSSR count). The van der Waals surface area contributed by atoms with Gasteiger partial charge < -0.3 is 10.2 Å². The Labute approximate surface area is 152 Å². The van der Waals surface area contributed by atoms with Gasteiger partial charge in [-0.2, -0.15) is 5.26 Å².